The van der Waals surface area contributed by atoms with Crippen molar-refractivity contribution in [3.8, 4) is 0 Å². The van der Waals surface area contributed by atoms with Crippen molar-refractivity contribution >= 4 is 17.3 Å². The Morgan fingerprint density at radius 2 is 2.33 bits per heavy atom. The number of nitrogens with zero attached hydrogens (tertiary/aromatic N) is 1. The van der Waals surface area contributed by atoms with Crippen molar-refractivity contribution in [3.05, 3.63) is 11.6 Å². The van der Waals surface area contributed by atoms with Crippen molar-refractivity contribution in [2.24, 2.45) is 0 Å². The van der Waals surface area contributed by atoms with Crippen LogP contribution in [0.2, 0.25) is 0 Å². The summed E-state index contributed by atoms with van der Waals surface area (Å²) in [6.45, 7) is 6.81. The molecule has 0 aromatic rings. The van der Waals surface area contributed by atoms with Crippen LogP contribution in [0.25, 0.3) is 0 Å². The van der Waals surface area contributed by atoms with E-state index in [4.69, 9.17) is 4.74 Å². The van der Waals surface area contributed by atoms with Crippen LogP contribution in [0, 0.1) is 0 Å². The third kappa shape index (κ3) is 4.30. The Kier molecular flexibility index (Phi) is 6.75. The molecule has 1 aliphatic rings. The van der Waals surface area contributed by atoms with Gasteiger partial charge in [0.15, 0.2) is 6.04 Å². The average Bonchev–Trinajstić information content (AvgIpc) is 2.36. The Labute approximate surface area is 113 Å². The molecule has 0 N–H and O–H groups in total. The van der Waals surface area contributed by atoms with E-state index in [1.807, 2.05) is 13.0 Å². The monoisotopic (exact) mass is 273 g/mol. The number of carbonyl (C=O) groups is 1. The number of hydrogen-bond acceptors (Lipinski definition) is 4. The molecule has 0 amide bonds. The molecule has 4 nitrogen and oxygen atoms in total. The Hall–Kier alpha value is -0.520. The van der Waals surface area contributed by atoms with E-state index in [1.165, 1.54) is 0 Å². The SMILES string of the molecule is CCCC[S+]([O-])N1CC=C(C)C[C@H]1C(=O)OCC. The first-order valence-corrected chi connectivity index (χ1v) is 7.85. The van der Waals surface area contributed by atoms with Crippen molar-refractivity contribution < 1.29 is 14.1 Å². The van der Waals surface area contributed by atoms with Crippen LogP contribution in [0.4, 0.5) is 0 Å². The van der Waals surface area contributed by atoms with E-state index < -0.39 is 11.4 Å². The van der Waals surface area contributed by atoms with Crippen molar-refractivity contribution in [1.29, 1.82) is 0 Å². The van der Waals surface area contributed by atoms with Gasteiger partial charge < -0.3 is 9.29 Å². The van der Waals surface area contributed by atoms with Gasteiger partial charge in [-0.05, 0) is 26.7 Å². The fraction of sp³-hybridized carbons (Fsp3) is 0.769. The van der Waals surface area contributed by atoms with E-state index >= 15 is 0 Å². The summed E-state index contributed by atoms with van der Waals surface area (Å²) in [6, 6.07) is -0.382. The van der Waals surface area contributed by atoms with E-state index in [0.29, 0.717) is 25.3 Å². The van der Waals surface area contributed by atoms with E-state index in [2.05, 4.69) is 6.92 Å². The van der Waals surface area contributed by atoms with Crippen LogP contribution in [0.15, 0.2) is 11.6 Å². The molecule has 0 aromatic heterocycles. The smallest absolute Gasteiger partial charge is 0.328 e. The molecule has 18 heavy (non-hydrogen) atoms. The number of carbonyl (C=O) groups excluding carboxylic acids is 1. The molecule has 1 rings (SSSR count). The third-order valence-electron chi connectivity index (χ3n) is 2.98. The molecule has 0 spiro atoms. The number of ether oxygens (including phenoxy) is 1. The summed E-state index contributed by atoms with van der Waals surface area (Å²) in [6.07, 6.45) is 4.59. The van der Waals surface area contributed by atoms with Gasteiger partial charge in [-0.25, -0.2) is 0 Å². The second kappa shape index (κ2) is 7.81. The van der Waals surface area contributed by atoms with Gasteiger partial charge in [-0.3, -0.25) is 4.79 Å². The van der Waals surface area contributed by atoms with Gasteiger partial charge in [0, 0.05) is 11.4 Å². The Bertz CT molecular complexity index is 307. The highest BCUT2D eigenvalue weighted by molar-refractivity contribution is 7.89. The Morgan fingerprint density at radius 3 is 2.94 bits per heavy atom. The number of unbranched alkanes of at least 4 members (excludes halogenated alkanes) is 1. The first-order chi connectivity index (χ1) is 8.60. The van der Waals surface area contributed by atoms with Crippen molar-refractivity contribution in [2.45, 2.75) is 46.1 Å². The maximum atomic E-state index is 12.2. The lowest BCUT2D eigenvalue weighted by Gasteiger charge is -2.32. The molecule has 0 saturated carbocycles. The first-order valence-electron chi connectivity index (χ1n) is 6.57. The van der Waals surface area contributed by atoms with Gasteiger partial charge in [0.1, 0.15) is 5.75 Å². The first kappa shape index (κ1) is 15.5. The van der Waals surface area contributed by atoms with Crippen LogP contribution >= 0.6 is 0 Å². The lowest BCUT2D eigenvalue weighted by Crippen LogP contribution is -2.48. The van der Waals surface area contributed by atoms with Crippen molar-refractivity contribution in [2.75, 3.05) is 18.9 Å². The molecule has 104 valence electrons. The van der Waals surface area contributed by atoms with Crippen LogP contribution in [0.1, 0.15) is 40.0 Å². The summed E-state index contributed by atoms with van der Waals surface area (Å²) in [4.78, 5) is 11.9. The van der Waals surface area contributed by atoms with E-state index in [0.717, 1.165) is 18.4 Å². The fourth-order valence-corrected chi connectivity index (χ4v) is 3.37. The van der Waals surface area contributed by atoms with E-state index in [9.17, 15) is 9.35 Å². The molecule has 2 atom stereocenters. The highest BCUT2D eigenvalue weighted by Gasteiger charge is 2.36. The molecule has 1 heterocycles. The van der Waals surface area contributed by atoms with Crippen LogP contribution in [0.5, 0.6) is 0 Å². The predicted molar refractivity (Wildman–Crippen MR) is 73.4 cm³/mol. The highest BCUT2D eigenvalue weighted by Crippen LogP contribution is 2.22. The number of hydrogen-bond donors (Lipinski definition) is 0. The van der Waals surface area contributed by atoms with Gasteiger partial charge in [0.25, 0.3) is 0 Å². The van der Waals surface area contributed by atoms with Crippen LogP contribution in [-0.4, -0.2) is 39.8 Å². The minimum Gasteiger partial charge on any atom is -0.598 e. The molecule has 0 bridgehead atoms. The third-order valence-corrected chi connectivity index (χ3v) is 4.54. The summed E-state index contributed by atoms with van der Waals surface area (Å²) in [7, 11) is 0. The minimum absolute atomic E-state index is 0.255. The Morgan fingerprint density at radius 1 is 1.61 bits per heavy atom. The molecule has 0 radical (unpaired) electrons. The second-order valence-corrected chi connectivity index (χ2v) is 6.02. The zero-order valence-electron chi connectivity index (χ0n) is 11.5. The zero-order valence-corrected chi connectivity index (χ0v) is 12.3. The molecule has 1 unspecified atom stereocenters. The van der Waals surface area contributed by atoms with Gasteiger partial charge in [0.2, 0.25) is 0 Å². The van der Waals surface area contributed by atoms with E-state index in [1.54, 1.807) is 11.2 Å². The molecule has 0 fully saturated rings. The summed E-state index contributed by atoms with van der Waals surface area (Å²) in [5, 5.41) is 0. The quantitative estimate of drug-likeness (QED) is 0.422. The van der Waals surface area contributed by atoms with Gasteiger partial charge in [-0.2, -0.15) is 0 Å². The maximum absolute atomic E-state index is 12.2. The molecule has 1 aliphatic heterocycles. The zero-order chi connectivity index (χ0) is 13.5. The minimum atomic E-state index is -1.09. The lowest BCUT2D eigenvalue weighted by molar-refractivity contribution is -0.147. The van der Waals surface area contributed by atoms with Crippen molar-refractivity contribution in [3.63, 3.8) is 0 Å². The van der Waals surface area contributed by atoms with Crippen LogP contribution in [0.3, 0.4) is 0 Å². The second-order valence-electron chi connectivity index (χ2n) is 4.50. The maximum Gasteiger partial charge on any atom is 0.328 e. The number of esters is 1. The molecule has 0 aliphatic carbocycles. The summed E-state index contributed by atoms with van der Waals surface area (Å²) in [5.74, 6) is 0.369. The van der Waals surface area contributed by atoms with Gasteiger partial charge >= 0.3 is 5.97 Å². The normalized spacial score (nSPS) is 22.4. The highest BCUT2D eigenvalue weighted by atomic mass is 32.2. The largest absolute Gasteiger partial charge is 0.598 e. The van der Waals surface area contributed by atoms with Crippen LogP contribution in [-0.2, 0) is 20.9 Å². The summed E-state index contributed by atoms with van der Waals surface area (Å²) in [5.41, 5.74) is 1.16. The topological polar surface area (TPSA) is 52.6 Å². The van der Waals surface area contributed by atoms with Gasteiger partial charge in [-0.15, -0.1) is 4.31 Å². The van der Waals surface area contributed by atoms with E-state index in [-0.39, 0.29) is 12.0 Å². The van der Waals surface area contributed by atoms with Gasteiger partial charge in [0.05, 0.1) is 13.2 Å². The molecular weight excluding hydrogens is 250 g/mol. The Balaban J connectivity index is 2.69. The van der Waals surface area contributed by atoms with Crippen molar-refractivity contribution in [1.82, 2.24) is 4.31 Å². The predicted octanol–water partition coefficient (Wildman–Crippen LogP) is 2.03. The lowest BCUT2D eigenvalue weighted by atomic mass is 10.0. The number of rotatable bonds is 6. The fourth-order valence-electron chi connectivity index (χ4n) is 1.91. The van der Waals surface area contributed by atoms with Gasteiger partial charge in [-0.1, -0.05) is 25.0 Å². The molecule has 0 saturated heterocycles. The summed E-state index contributed by atoms with van der Waals surface area (Å²) >= 11 is -1.09. The van der Waals surface area contributed by atoms with Crippen LogP contribution < -0.4 is 0 Å². The molecule has 5 heteroatoms. The summed E-state index contributed by atoms with van der Waals surface area (Å²) < 4.78 is 19.0. The molecule has 0 aromatic carbocycles. The molecular formula is C13H23NO3S. The average molecular weight is 273 g/mol. The standard InChI is InChI=1S/C13H23NO3S/c1-4-6-9-18(16)14-8-7-11(3)10-12(14)13(15)17-5-2/h7,12H,4-6,8-10H2,1-3H3/t12-,18?/m0/s1.